The quantitative estimate of drug-likeness (QED) is 0.770. The van der Waals surface area contributed by atoms with Gasteiger partial charge in [-0.3, -0.25) is 0 Å². The molecular formula is C11H14N2O2. The molecule has 0 aliphatic rings. The molecule has 0 aliphatic heterocycles. The van der Waals surface area contributed by atoms with Crippen LogP contribution in [0.4, 0.5) is 0 Å². The summed E-state index contributed by atoms with van der Waals surface area (Å²) in [5.74, 6) is 1.86. The van der Waals surface area contributed by atoms with E-state index in [0.717, 1.165) is 18.7 Å². The molecule has 0 atom stereocenters. The number of rotatable bonds is 4. The van der Waals surface area contributed by atoms with Crippen LogP contribution in [0.2, 0.25) is 0 Å². The molecule has 0 N–H and O–H groups in total. The van der Waals surface area contributed by atoms with Crippen molar-refractivity contribution in [1.29, 1.82) is 0 Å². The lowest BCUT2D eigenvalue weighted by Crippen LogP contribution is -1.94. The highest BCUT2D eigenvalue weighted by molar-refractivity contribution is 5.47. The van der Waals surface area contributed by atoms with Gasteiger partial charge in [-0.1, -0.05) is 13.8 Å². The molecule has 0 spiro atoms. The minimum absolute atomic E-state index is 0.394. The summed E-state index contributed by atoms with van der Waals surface area (Å²) < 4.78 is 10.5. The molecule has 0 saturated heterocycles. The smallest absolute Gasteiger partial charge is 0.198 e. The molecule has 2 aromatic rings. The van der Waals surface area contributed by atoms with Gasteiger partial charge in [0.2, 0.25) is 0 Å². The lowest BCUT2D eigenvalue weighted by molar-refractivity contribution is 0.438. The number of hydrogen-bond acceptors (Lipinski definition) is 4. The molecule has 0 unspecified atom stereocenters. The Bertz CT molecular complexity index is 402. The van der Waals surface area contributed by atoms with Crippen LogP contribution in [0.5, 0.6) is 0 Å². The van der Waals surface area contributed by atoms with Gasteiger partial charge in [-0.2, -0.15) is 0 Å². The van der Waals surface area contributed by atoms with Gasteiger partial charge in [0.25, 0.3) is 0 Å². The van der Waals surface area contributed by atoms with Gasteiger partial charge in [-0.25, -0.2) is 9.97 Å². The lowest BCUT2D eigenvalue weighted by atomic mass is 10.0. The first-order valence-corrected chi connectivity index (χ1v) is 5.19. The molecule has 2 heterocycles. The molecule has 2 aromatic heterocycles. The number of nitrogens with zero attached hydrogens (tertiary/aromatic N) is 2. The fraction of sp³-hybridized carbons (Fsp3) is 0.455. The molecular weight excluding hydrogens is 192 g/mol. The fourth-order valence-electron chi connectivity index (χ4n) is 1.57. The molecule has 0 radical (unpaired) electrons. The summed E-state index contributed by atoms with van der Waals surface area (Å²) in [6.45, 7) is 4.27. The van der Waals surface area contributed by atoms with Gasteiger partial charge in [-0.15, -0.1) is 0 Å². The Hall–Kier alpha value is -1.58. The van der Waals surface area contributed by atoms with Crippen molar-refractivity contribution in [3.63, 3.8) is 0 Å². The Morgan fingerprint density at radius 2 is 2.07 bits per heavy atom. The van der Waals surface area contributed by atoms with Gasteiger partial charge >= 0.3 is 0 Å². The first-order valence-electron chi connectivity index (χ1n) is 5.19. The minimum atomic E-state index is 0.394. The molecule has 0 saturated carbocycles. The van der Waals surface area contributed by atoms with Crippen molar-refractivity contribution < 1.29 is 8.83 Å². The molecule has 0 fully saturated rings. The lowest BCUT2D eigenvalue weighted by Gasteiger charge is -2.05. The third-order valence-electron chi connectivity index (χ3n) is 2.54. The summed E-state index contributed by atoms with van der Waals surface area (Å²) in [4.78, 5) is 8.28. The van der Waals surface area contributed by atoms with Gasteiger partial charge in [0.15, 0.2) is 18.0 Å². The van der Waals surface area contributed by atoms with Gasteiger partial charge in [0, 0.05) is 5.92 Å². The number of hydrogen-bond donors (Lipinski definition) is 0. The Morgan fingerprint density at radius 1 is 1.27 bits per heavy atom. The van der Waals surface area contributed by atoms with Crippen LogP contribution in [0.15, 0.2) is 27.7 Å². The van der Waals surface area contributed by atoms with Crippen LogP contribution < -0.4 is 0 Å². The zero-order chi connectivity index (χ0) is 10.7. The van der Waals surface area contributed by atoms with Crippen LogP contribution in [0.3, 0.4) is 0 Å². The summed E-state index contributed by atoms with van der Waals surface area (Å²) in [5.41, 5.74) is 0.694. The van der Waals surface area contributed by atoms with Gasteiger partial charge in [-0.05, 0) is 12.8 Å². The summed E-state index contributed by atoms with van der Waals surface area (Å²) in [6, 6.07) is 0. The fourth-order valence-corrected chi connectivity index (χ4v) is 1.57. The van der Waals surface area contributed by atoms with E-state index in [2.05, 4.69) is 23.8 Å². The Morgan fingerprint density at radius 3 is 2.67 bits per heavy atom. The maximum absolute atomic E-state index is 5.64. The molecule has 15 heavy (non-hydrogen) atoms. The second-order valence-corrected chi connectivity index (χ2v) is 3.45. The Kier molecular flexibility index (Phi) is 2.85. The largest absolute Gasteiger partial charge is 0.451 e. The normalized spacial score (nSPS) is 11.1. The third-order valence-corrected chi connectivity index (χ3v) is 2.54. The number of aromatic nitrogens is 2. The highest BCUT2D eigenvalue weighted by Gasteiger charge is 2.15. The van der Waals surface area contributed by atoms with Crippen LogP contribution in [-0.4, -0.2) is 9.97 Å². The van der Waals surface area contributed by atoms with E-state index in [0.29, 0.717) is 17.4 Å². The molecule has 4 heteroatoms. The minimum Gasteiger partial charge on any atom is -0.451 e. The molecule has 4 nitrogen and oxygen atoms in total. The van der Waals surface area contributed by atoms with Crippen LogP contribution in [0.1, 0.15) is 38.5 Å². The second kappa shape index (κ2) is 4.29. The molecule has 0 aromatic carbocycles. The SMILES string of the molecule is CCC(CC)c1ncc(-c2cocn2)o1. The van der Waals surface area contributed by atoms with Crippen molar-refractivity contribution >= 4 is 0 Å². The summed E-state index contributed by atoms with van der Waals surface area (Å²) in [5, 5.41) is 0. The summed E-state index contributed by atoms with van der Waals surface area (Å²) in [6.07, 6.45) is 6.71. The van der Waals surface area contributed by atoms with E-state index in [1.807, 2.05) is 0 Å². The Labute approximate surface area is 88.3 Å². The van der Waals surface area contributed by atoms with Crippen LogP contribution in [0.25, 0.3) is 11.5 Å². The van der Waals surface area contributed by atoms with Crippen LogP contribution in [-0.2, 0) is 0 Å². The van der Waals surface area contributed by atoms with Crippen molar-refractivity contribution in [3.8, 4) is 11.5 Å². The predicted octanol–water partition coefficient (Wildman–Crippen LogP) is 3.23. The van der Waals surface area contributed by atoms with E-state index in [4.69, 9.17) is 8.83 Å². The van der Waals surface area contributed by atoms with E-state index < -0.39 is 0 Å². The van der Waals surface area contributed by atoms with Crippen molar-refractivity contribution in [2.75, 3.05) is 0 Å². The van der Waals surface area contributed by atoms with Crippen molar-refractivity contribution in [2.45, 2.75) is 32.6 Å². The maximum atomic E-state index is 5.64. The average molecular weight is 206 g/mol. The summed E-state index contributed by atoms with van der Waals surface area (Å²) in [7, 11) is 0. The van der Waals surface area contributed by atoms with E-state index >= 15 is 0 Å². The van der Waals surface area contributed by atoms with E-state index in [9.17, 15) is 0 Å². The monoisotopic (exact) mass is 206 g/mol. The first kappa shape index (κ1) is 9.96. The standard InChI is InChI=1S/C11H14N2O2/c1-3-8(4-2)11-12-5-10(15-11)9-6-14-7-13-9/h5-8H,3-4H2,1-2H3. The van der Waals surface area contributed by atoms with Crippen molar-refractivity contribution in [3.05, 3.63) is 24.7 Å². The molecule has 0 amide bonds. The average Bonchev–Trinajstić information content (AvgIpc) is 2.89. The second-order valence-electron chi connectivity index (χ2n) is 3.45. The van der Waals surface area contributed by atoms with Crippen LogP contribution >= 0.6 is 0 Å². The van der Waals surface area contributed by atoms with E-state index in [1.54, 1.807) is 12.5 Å². The van der Waals surface area contributed by atoms with Crippen LogP contribution in [0, 0.1) is 0 Å². The zero-order valence-corrected chi connectivity index (χ0v) is 8.93. The summed E-state index contributed by atoms with van der Waals surface area (Å²) >= 11 is 0. The molecule has 0 aliphatic carbocycles. The van der Waals surface area contributed by atoms with Crippen molar-refractivity contribution in [1.82, 2.24) is 9.97 Å². The van der Waals surface area contributed by atoms with Crippen molar-refractivity contribution in [2.24, 2.45) is 0 Å². The highest BCUT2D eigenvalue weighted by Crippen LogP contribution is 2.26. The van der Waals surface area contributed by atoms with Gasteiger partial charge in [0.1, 0.15) is 12.0 Å². The van der Waals surface area contributed by atoms with Gasteiger partial charge in [0.05, 0.1) is 6.20 Å². The molecule has 80 valence electrons. The topological polar surface area (TPSA) is 52.1 Å². The molecule has 0 bridgehead atoms. The highest BCUT2D eigenvalue weighted by atomic mass is 16.4. The van der Waals surface area contributed by atoms with E-state index in [-0.39, 0.29) is 0 Å². The zero-order valence-electron chi connectivity index (χ0n) is 8.93. The van der Waals surface area contributed by atoms with Gasteiger partial charge < -0.3 is 8.83 Å². The third kappa shape index (κ3) is 1.93. The maximum Gasteiger partial charge on any atom is 0.198 e. The first-order chi connectivity index (χ1) is 7.35. The number of oxazole rings is 2. The van der Waals surface area contributed by atoms with E-state index in [1.165, 1.54) is 6.39 Å². The Balaban J connectivity index is 2.24. The predicted molar refractivity (Wildman–Crippen MR) is 55.3 cm³/mol. The molecule has 2 rings (SSSR count).